The lowest BCUT2D eigenvalue weighted by Crippen LogP contribution is -2.14. The Morgan fingerprint density at radius 2 is 1.83 bits per heavy atom. The van der Waals surface area contributed by atoms with Crippen molar-refractivity contribution in [3.63, 3.8) is 0 Å². The zero-order valence-corrected chi connectivity index (χ0v) is 13.8. The van der Waals surface area contributed by atoms with Crippen molar-refractivity contribution in [3.05, 3.63) is 64.8 Å². The molecule has 0 saturated carbocycles. The van der Waals surface area contributed by atoms with Gasteiger partial charge in [-0.05, 0) is 56.0 Å². The molecule has 0 bridgehead atoms. The van der Waals surface area contributed by atoms with Gasteiger partial charge < -0.3 is 0 Å². The molecule has 1 nitrogen and oxygen atoms in total. The Bertz CT molecular complexity index is 662. The third-order valence-corrected chi connectivity index (χ3v) is 3.50. The highest BCUT2D eigenvalue weighted by molar-refractivity contribution is 5.97. The van der Waals surface area contributed by atoms with Crippen LogP contribution in [0.2, 0.25) is 0 Å². The fraction of sp³-hybridized carbons (Fsp3) is 0.316. The first-order valence-electron chi connectivity index (χ1n) is 7.36. The topological polar surface area (TPSA) is 17.1 Å². The molecule has 0 spiro atoms. The summed E-state index contributed by atoms with van der Waals surface area (Å²) in [6, 6.07) is 4.58. The molecule has 0 N–H and O–H groups in total. The Labute approximate surface area is 135 Å². The molecule has 0 aliphatic rings. The van der Waals surface area contributed by atoms with Gasteiger partial charge in [-0.15, -0.1) is 0 Å². The summed E-state index contributed by atoms with van der Waals surface area (Å²) >= 11 is 0. The van der Waals surface area contributed by atoms with E-state index in [1.54, 1.807) is 12.1 Å². The molecule has 1 aromatic carbocycles. The summed E-state index contributed by atoms with van der Waals surface area (Å²) in [7, 11) is 0. The van der Waals surface area contributed by atoms with Crippen molar-refractivity contribution < 1.29 is 18.0 Å². The van der Waals surface area contributed by atoms with Gasteiger partial charge in [0.05, 0.1) is 6.42 Å². The quantitative estimate of drug-likeness (QED) is 0.486. The molecule has 1 rings (SSSR count). The van der Waals surface area contributed by atoms with Crippen LogP contribution in [0.5, 0.6) is 0 Å². The van der Waals surface area contributed by atoms with E-state index in [1.165, 1.54) is 13.0 Å². The minimum Gasteiger partial charge on any atom is -0.295 e. The van der Waals surface area contributed by atoms with Gasteiger partial charge in [0.1, 0.15) is 0 Å². The molecule has 0 saturated heterocycles. The van der Waals surface area contributed by atoms with Crippen LogP contribution in [0.15, 0.2) is 48.1 Å². The van der Waals surface area contributed by atoms with Crippen molar-refractivity contribution in [2.75, 3.05) is 0 Å². The Hall–Kier alpha value is -2.10. The molecule has 0 unspecified atom stereocenters. The van der Waals surface area contributed by atoms with Gasteiger partial charge in [-0.3, -0.25) is 4.79 Å². The molecule has 0 aliphatic carbocycles. The smallest absolute Gasteiger partial charge is 0.295 e. The standard InChI is InChI=1S/C19H21F3O/c1-5-7-8-17(13(3)6-2)15-9-10-16(12-19(20,21)22)18(11-15)14(4)23/h5-11H,12H2,1-4H3/b7-5-,13-6+,17-8+. The lowest BCUT2D eigenvalue weighted by Gasteiger charge is -2.14. The lowest BCUT2D eigenvalue weighted by molar-refractivity contribution is -0.127. The van der Waals surface area contributed by atoms with Crippen molar-refractivity contribution >= 4 is 11.4 Å². The van der Waals surface area contributed by atoms with Gasteiger partial charge >= 0.3 is 6.18 Å². The van der Waals surface area contributed by atoms with Crippen molar-refractivity contribution in [3.8, 4) is 0 Å². The van der Waals surface area contributed by atoms with Crippen LogP contribution >= 0.6 is 0 Å². The van der Waals surface area contributed by atoms with E-state index in [-0.39, 0.29) is 16.9 Å². The van der Waals surface area contributed by atoms with Crippen LogP contribution in [0.25, 0.3) is 5.57 Å². The second-order valence-corrected chi connectivity index (χ2v) is 5.30. The molecule has 1 aromatic rings. The number of benzene rings is 1. The summed E-state index contributed by atoms with van der Waals surface area (Å²) in [6.45, 7) is 6.98. The monoisotopic (exact) mass is 322 g/mol. The molecule has 0 radical (unpaired) electrons. The average Bonchev–Trinajstić information content (AvgIpc) is 2.46. The van der Waals surface area contributed by atoms with Crippen LogP contribution in [0.3, 0.4) is 0 Å². The van der Waals surface area contributed by atoms with Gasteiger partial charge in [-0.1, -0.05) is 36.4 Å². The van der Waals surface area contributed by atoms with Crippen molar-refractivity contribution in [1.29, 1.82) is 0 Å². The maximum atomic E-state index is 12.7. The zero-order chi connectivity index (χ0) is 17.6. The molecular weight excluding hydrogens is 301 g/mol. The number of halogens is 3. The van der Waals surface area contributed by atoms with Gasteiger partial charge in [0, 0.05) is 5.56 Å². The Kier molecular flexibility index (Phi) is 6.55. The lowest BCUT2D eigenvalue weighted by atomic mass is 9.92. The first-order chi connectivity index (χ1) is 10.7. The predicted octanol–water partition coefficient (Wildman–Crippen LogP) is 5.92. The zero-order valence-electron chi connectivity index (χ0n) is 13.8. The number of hydrogen-bond donors (Lipinski definition) is 0. The first kappa shape index (κ1) is 18.9. The molecule has 0 aliphatic heterocycles. The van der Waals surface area contributed by atoms with E-state index >= 15 is 0 Å². The molecule has 0 aromatic heterocycles. The van der Waals surface area contributed by atoms with Crippen molar-refractivity contribution in [2.45, 2.75) is 40.3 Å². The molecular formula is C19H21F3O. The van der Waals surface area contributed by atoms with Gasteiger partial charge in [0.2, 0.25) is 0 Å². The Balaban J connectivity index is 3.44. The summed E-state index contributed by atoms with van der Waals surface area (Å²) < 4.78 is 38.0. The minimum atomic E-state index is -4.34. The number of carbonyl (C=O) groups excluding carboxylic acids is 1. The highest BCUT2D eigenvalue weighted by atomic mass is 19.4. The van der Waals surface area contributed by atoms with Crippen LogP contribution in [0.1, 0.15) is 49.2 Å². The van der Waals surface area contributed by atoms with E-state index in [1.807, 2.05) is 45.1 Å². The van der Waals surface area contributed by atoms with Crippen molar-refractivity contribution in [2.24, 2.45) is 0 Å². The fourth-order valence-electron chi connectivity index (χ4n) is 2.25. The second kappa shape index (κ2) is 7.95. The van der Waals surface area contributed by atoms with E-state index in [4.69, 9.17) is 0 Å². The Morgan fingerprint density at radius 1 is 1.17 bits per heavy atom. The molecule has 0 fully saturated rings. The van der Waals surface area contributed by atoms with Crippen LogP contribution in [-0.4, -0.2) is 12.0 Å². The number of Topliss-reactive ketones (excluding diaryl/α,β-unsaturated/α-hetero) is 1. The number of hydrogen-bond acceptors (Lipinski definition) is 1. The third-order valence-electron chi connectivity index (χ3n) is 3.50. The predicted molar refractivity (Wildman–Crippen MR) is 88.4 cm³/mol. The van der Waals surface area contributed by atoms with Crippen LogP contribution in [-0.2, 0) is 6.42 Å². The van der Waals surface area contributed by atoms with E-state index < -0.39 is 12.6 Å². The van der Waals surface area contributed by atoms with E-state index in [0.29, 0.717) is 0 Å². The number of alkyl halides is 3. The summed E-state index contributed by atoms with van der Waals surface area (Å²) in [5.74, 6) is -0.366. The van der Waals surface area contributed by atoms with Crippen LogP contribution < -0.4 is 0 Å². The fourth-order valence-corrected chi connectivity index (χ4v) is 2.25. The molecule has 124 valence electrons. The number of ketones is 1. The van der Waals surface area contributed by atoms with Gasteiger partial charge in [0.15, 0.2) is 5.78 Å². The minimum absolute atomic E-state index is 0.0114. The van der Waals surface area contributed by atoms with E-state index in [9.17, 15) is 18.0 Å². The summed E-state index contributed by atoms with van der Waals surface area (Å²) in [6.07, 6.45) is 2.10. The summed E-state index contributed by atoms with van der Waals surface area (Å²) in [5, 5.41) is 0. The Morgan fingerprint density at radius 3 is 2.30 bits per heavy atom. The van der Waals surface area contributed by atoms with Crippen LogP contribution in [0.4, 0.5) is 13.2 Å². The van der Waals surface area contributed by atoms with Gasteiger partial charge in [-0.25, -0.2) is 0 Å². The maximum Gasteiger partial charge on any atom is 0.393 e. The highest BCUT2D eigenvalue weighted by Crippen LogP contribution is 2.29. The number of allylic oxidation sites excluding steroid dienone is 6. The number of rotatable bonds is 5. The SMILES string of the molecule is C\C=C/C=C(\C(C)=C\C)c1ccc(CC(F)(F)F)c(C(C)=O)c1. The molecule has 4 heteroatoms. The average molecular weight is 322 g/mol. The van der Waals surface area contributed by atoms with E-state index in [2.05, 4.69) is 0 Å². The number of carbonyl (C=O) groups is 1. The maximum absolute atomic E-state index is 12.7. The summed E-state index contributed by atoms with van der Waals surface area (Å²) in [5.41, 5.74) is 2.73. The molecule has 0 atom stereocenters. The highest BCUT2D eigenvalue weighted by Gasteiger charge is 2.29. The largest absolute Gasteiger partial charge is 0.393 e. The molecule has 23 heavy (non-hydrogen) atoms. The molecule has 0 amide bonds. The van der Waals surface area contributed by atoms with Crippen molar-refractivity contribution in [1.82, 2.24) is 0 Å². The normalized spacial score (nSPS) is 13.7. The second-order valence-electron chi connectivity index (χ2n) is 5.30. The molecule has 0 heterocycles. The van der Waals surface area contributed by atoms with E-state index in [0.717, 1.165) is 16.7 Å². The third kappa shape index (κ3) is 5.55. The van der Waals surface area contributed by atoms with Gasteiger partial charge in [0.25, 0.3) is 0 Å². The van der Waals surface area contributed by atoms with Gasteiger partial charge in [-0.2, -0.15) is 13.2 Å². The first-order valence-corrected chi connectivity index (χ1v) is 7.36. The van der Waals surface area contributed by atoms with Crippen LogP contribution in [0, 0.1) is 0 Å². The summed E-state index contributed by atoms with van der Waals surface area (Å²) in [4.78, 5) is 11.8.